The average molecular weight is 239 g/mol. The third kappa shape index (κ3) is 2.03. The fraction of sp³-hybridized carbons (Fsp3) is 0.375. The van der Waals surface area contributed by atoms with Crippen molar-refractivity contribution in [3.05, 3.63) is 42.1 Å². The minimum Gasteiger partial charge on any atom is -0.294 e. The molecule has 2 atom stereocenters. The molecule has 1 heterocycles. The molecular weight excluding hydrogens is 222 g/mol. The van der Waals surface area contributed by atoms with E-state index in [2.05, 4.69) is 11.9 Å². The Kier molecular flexibility index (Phi) is 2.86. The smallest absolute Gasteiger partial charge is 0.166 e. The van der Waals surface area contributed by atoms with Crippen LogP contribution in [0.25, 0.3) is 10.9 Å². The Balaban J connectivity index is 1.92. The van der Waals surface area contributed by atoms with Crippen LogP contribution < -0.4 is 0 Å². The Morgan fingerprint density at radius 2 is 2.17 bits per heavy atom. The summed E-state index contributed by atoms with van der Waals surface area (Å²) in [7, 11) is 0. The molecule has 1 aliphatic carbocycles. The zero-order valence-corrected chi connectivity index (χ0v) is 10.6. The monoisotopic (exact) mass is 239 g/mol. The normalized spacial score (nSPS) is 23.4. The maximum absolute atomic E-state index is 12.4. The molecule has 0 aliphatic heterocycles. The third-order valence-electron chi connectivity index (χ3n) is 3.96. The summed E-state index contributed by atoms with van der Waals surface area (Å²) < 4.78 is 0. The first kappa shape index (κ1) is 11.4. The number of Topliss-reactive ketones (excluding diaryl/α,β-unsaturated/α-hetero) is 1. The van der Waals surface area contributed by atoms with Crippen LogP contribution >= 0.6 is 0 Å². The van der Waals surface area contributed by atoms with Crippen molar-refractivity contribution >= 4 is 16.7 Å². The quantitative estimate of drug-likeness (QED) is 0.745. The van der Waals surface area contributed by atoms with Crippen LogP contribution in [0.3, 0.4) is 0 Å². The van der Waals surface area contributed by atoms with E-state index in [-0.39, 0.29) is 5.92 Å². The summed E-state index contributed by atoms with van der Waals surface area (Å²) in [6.45, 7) is 2.23. The Morgan fingerprint density at radius 1 is 1.28 bits per heavy atom. The van der Waals surface area contributed by atoms with E-state index in [1.165, 1.54) is 6.42 Å². The van der Waals surface area contributed by atoms with Crippen molar-refractivity contribution in [3.8, 4) is 0 Å². The second-order valence-corrected chi connectivity index (χ2v) is 5.39. The van der Waals surface area contributed by atoms with Crippen molar-refractivity contribution in [2.24, 2.45) is 11.8 Å². The lowest BCUT2D eigenvalue weighted by molar-refractivity contribution is 0.0920. The lowest BCUT2D eigenvalue weighted by atomic mass is 9.95. The van der Waals surface area contributed by atoms with Crippen LogP contribution in [0.1, 0.15) is 36.5 Å². The second kappa shape index (κ2) is 4.52. The van der Waals surface area contributed by atoms with Gasteiger partial charge < -0.3 is 0 Å². The summed E-state index contributed by atoms with van der Waals surface area (Å²) >= 11 is 0. The zero-order chi connectivity index (χ0) is 12.5. The Morgan fingerprint density at radius 3 is 2.94 bits per heavy atom. The number of hydrogen-bond acceptors (Lipinski definition) is 2. The molecule has 0 amide bonds. The molecule has 1 fully saturated rings. The van der Waals surface area contributed by atoms with Gasteiger partial charge in [0.15, 0.2) is 5.78 Å². The van der Waals surface area contributed by atoms with Crippen molar-refractivity contribution in [1.82, 2.24) is 4.98 Å². The number of carbonyl (C=O) groups excluding carboxylic acids is 1. The van der Waals surface area contributed by atoms with Crippen molar-refractivity contribution in [2.75, 3.05) is 0 Å². The summed E-state index contributed by atoms with van der Waals surface area (Å²) in [6, 6.07) is 9.81. The van der Waals surface area contributed by atoms with Gasteiger partial charge in [-0.2, -0.15) is 0 Å². The van der Waals surface area contributed by atoms with E-state index in [9.17, 15) is 4.79 Å². The standard InChI is InChI=1S/C16H17NO/c1-11-4-5-13(9-11)16(18)14-7-6-12-3-2-8-17-15(12)10-14/h2-3,6-8,10-11,13H,4-5,9H2,1H3. The molecule has 2 unspecified atom stereocenters. The molecule has 92 valence electrons. The van der Waals surface area contributed by atoms with Crippen LogP contribution in [0.4, 0.5) is 0 Å². The number of pyridine rings is 1. The van der Waals surface area contributed by atoms with Crippen molar-refractivity contribution in [2.45, 2.75) is 26.2 Å². The molecule has 18 heavy (non-hydrogen) atoms. The van der Waals surface area contributed by atoms with Crippen molar-refractivity contribution in [1.29, 1.82) is 0 Å². The number of nitrogens with zero attached hydrogens (tertiary/aromatic N) is 1. The highest BCUT2D eigenvalue weighted by atomic mass is 16.1. The van der Waals surface area contributed by atoms with Crippen molar-refractivity contribution in [3.63, 3.8) is 0 Å². The lowest BCUT2D eigenvalue weighted by Gasteiger charge is -2.09. The molecule has 2 heteroatoms. The van der Waals surface area contributed by atoms with Gasteiger partial charge in [0.1, 0.15) is 0 Å². The number of ketones is 1. The molecule has 0 N–H and O–H groups in total. The fourth-order valence-corrected chi connectivity index (χ4v) is 2.90. The van der Waals surface area contributed by atoms with Gasteiger partial charge in [0.05, 0.1) is 5.52 Å². The first-order valence-electron chi connectivity index (χ1n) is 6.63. The van der Waals surface area contributed by atoms with Crippen LogP contribution in [0.5, 0.6) is 0 Å². The van der Waals surface area contributed by atoms with Crippen LogP contribution in [0, 0.1) is 11.8 Å². The first-order chi connectivity index (χ1) is 8.74. The number of carbonyl (C=O) groups is 1. The Bertz CT molecular complexity index is 590. The van der Waals surface area contributed by atoms with E-state index in [1.807, 2.05) is 30.3 Å². The van der Waals surface area contributed by atoms with Crippen LogP contribution in [0.2, 0.25) is 0 Å². The molecule has 0 radical (unpaired) electrons. The molecule has 1 aromatic carbocycles. The second-order valence-electron chi connectivity index (χ2n) is 5.39. The molecule has 3 rings (SSSR count). The molecule has 2 aromatic rings. The molecule has 1 aliphatic rings. The van der Waals surface area contributed by atoms with Gasteiger partial charge in [0, 0.05) is 23.1 Å². The summed E-state index contributed by atoms with van der Waals surface area (Å²) in [6.07, 6.45) is 5.04. The fourth-order valence-electron chi connectivity index (χ4n) is 2.90. The SMILES string of the molecule is CC1CCC(C(=O)c2ccc3cccnc3c2)C1. The van der Waals surface area contributed by atoms with E-state index < -0.39 is 0 Å². The number of rotatable bonds is 2. The van der Waals surface area contributed by atoms with Gasteiger partial charge in [-0.15, -0.1) is 0 Å². The molecule has 0 spiro atoms. The van der Waals surface area contributed by atoms with Crippen LogP contribution in [-0.4, -0.2) is 10.8 Å². The van der Waals surface area contributed by atoms with E-state index in [0.29, 0.717) is 11.7 Å². The summed E-state index contributed by atoms with van der Waals surface area (Å²) in [4.78, 5) is 16.7. The average Bonchev–Trinajstić information content (AvgIpc) is 2.84. The topological polar surface area (TPSA) is 30.0 Å². The maximum atomic E-state index is 12.4. The molecule has 0 bridgehead atoms. The summed E-state index contributed by atoms with van der Waals surface area (Å²) in [5, 5.41) is 1.09. The Hall–Kier alpha value is -1.70. The summed E-state index contributed by atoms with van der Waals surface area (Å²) in [5.41, 5.74) is 1.73. The number of fused-ring (bicyclic) bond motifs is 1. The van der Waals surface area contributed by atoms with E-state index in [0.717, 1.165) is 29.3 Å². The minimum absolute atomic E-state index is 0.223. The highest BCUT2D eigenvalue weighted by Crippen LogP contribution is 2.33. The molecule has 1 saturated carbocycles. The van der Waals surface area contributed by atoms with E-state index in [1.54, 1.807) is 6.20 Å². The third-order valence-corrected chi connectivity index (χ3v) is 3.96. The molecule has 0 saturated heterocycles. The predicted molar refractivity (Wildman–Crippen MR) is 72.6 cm³/mol. The van der Waals surface area contributed by atoms with Gasteiger partial charge in [-0.3, -0.25) is 9.78 Å². The van der Waals surface area contributed by atoms with Gasteiger partial charge in [-0.1, -0.05) is 25.1 Å². The number of hydrogen-bond donors (Lipinski definition) is 0. The lowest BCUT2D eigenvalue weighted by Crippen LogP contribution is -2.11. The molecule has 2 nitrogen and oxygen atoms in total. The molecule has 1 aromatic heterocycles. The highest BCUT2D eigenvalue weighted by molar-refractivity contribution is 6.00. The van der Waals surface area contributed by atoms with E-state index in [4.69, 9.17) is 0 Å². The van der Waals surface area contributed by atoms with Gasteiger partial charge in [0.25, 0.3) is 0 Å². The number of aromatic nitrogens is 1. The zero-order valence-electron chi connectivity index (χ0n) is 10.6. The van der Waals surface area contributed by atoms with Crippen LogP contribution in [-0.2, 0) is 0 Å². The van der Waals surface area contributed by atoms with Gasteiger partial charge >= 0.3 is 0 Å². The van der Waals surface area contributed by atoms with Crippen LogP contribution in [0.15, 0.2) is 36.5 Å². The molecular formula is C16H17NO. The first-order valence-corrected chi connectivity index (χ1v) is 6.63. The predicted octanol–water partition coefficient (Wildman–Crippen LogP) is 3.85. The number of benzene rings is 1. The summed E-state index contributed by atoms with van der Waals surface area (Å²) in [5.74, 6) is 1.21. The largest absolute Gasteiger partial charge is 0.294 e. The van der Waals surface area contributed by atoms with Crippen molar-refractivity contribution < 1.29 is 4.79 Å². The highest BCUT2D eigenvalue weighted by Gasteiger charge is 2.28. The van der Waals surface area contributed by atoms with Gasteiger partial charge in [-0.25, -0.2) is 0 Å². The Labute approximate surface area is 107 Å². The maximum Gasteiger partial charge on any atom is 0.166 e. The van der Waals surface area contributed by atoms with Gasteiger partial charge in [0.2, 0.25) is 0 Å². The van der Waals surface area contributed by atoms with E-state index >= 15 is 0 Å². The minimum atomic E-state index is 0.223. The van der Waals surface area contributed by atoms with Gasteiger partial charge in [-0.05, 0) is 37.3 Å².